The second-order valence-corrected chi connectivity index (χ2v) is 6.15. The summed E-state index contributed by atoms with van der Waals surface area (Å²) in [5.41, 5.74) is -0.713. The average Bonchev–Trinajstić information content (AvgIpc) is 2.14. The Kier molecular flexibility index (Phi) is 5.58. The van der Waals surface area contributed by atoms with E-state index in [1.165, 1.54) is 0 Å². The van der Waals surface area contributed by atoms with Gasteiger partial charge in [0.05, 0.1) is 4.90 Å². The number of carbonyl (C=O) groups is 1. The fraction of sp³-hybridized carbons (Fsp3) is 0.364. The molecule has 1 aromatic carbocycles. The molecule has 0 saturated heterocycles. The Morgan fingerprint density at radius 1 is 1.28 bits per heavy atom. The summed E-state index contributed by atoms with van der Waals surface area (Å²) in [6.07, 6.45) is 0.284. The molecule has 0 radical (unpaired) electrons. The zero-order valence-electron chi connectivity index (χ0n) is 10.7. The monoisotopic (exact) mass is 280 g/mol. The number of benzene rings is 1. The van der Waals surface area contributed by atoms with E-state index in [1.54, 1.807) is 20.8 Å². The van der Waals surface area contributed by atoms with Gasteiger partial charge in [0.1, 0.15) is 6.29 Å². The second-order valence-electron chi connectivity index (χ2n) is 4.73. The molecule has 0 aliphatic carbocycles. The molecule has 1 aromatic rings. The summed E-state index contributed by atoms with van der Waals surface area (Å²) in [4.78, 5) is 10.3. The first kappa shape index (κ1) is 17.6. The van der Waals surface area contributed by atoms with Gasteiger partial charge >= 0.3 is 29.6 Å². The quantitative estimate of drug-likeness (QED) is 0.389. The third kappa shape index (κ3) is 3.80. The van der Waals surface area contributed by atoms with Crippen LogP contribution >= 0.6 is 0 Å². The van der Waals surface area contributed by atoms with Crippen LogP contribution in [0, 0.1) is 0 Å². The molecule has 0 bridgehead atoms. The summed E-state index contributed by atoms with van der Waals surface area (Å²) in [5, 5.41) is 11.8. The van der Waals surface area contributed by atoms with Crippen molar-refractivity contribution in [2.45, 2.75) is 31.1 Å². The molecule has 0 unspecified atom stereocenters. The van der Waals surface area contributed by atoms with Crippen LogP contribution in [0.1, 0.15) is 36.7 Å². The van der Waals surface area contributed by atoms with Crippen LogP contribution in [-0.4, -0.2) is 19.3 Å². The largest absolute Gasteiger partial charge is 1.00 e. The van der Waals surface area contributed by atoms with E-state index in [2.05, 4.69) is 0 Å². The van der Waals surface area contributed by atoms with Gasteiger partial charge in [-0.3, -0.25) is 9.35 Å². The van der Waals surface area contributed by atoms with Crippen LogP contribution < -0.4 is 34.7 Å². The van der Waals surface area contributed by atoms with Crippen molar-refractivity contribution >= 4 is 16.4 Å². The van der Waals surface area contributed by atoms with E-state index in [-0.39, 0.29) is 47.0 Å². The van der Waals surface area contributed by atoms with Gasteiger partial charge < -0.3 is 5.11 Å². The topological polar surface area (TPSA) is 94.5 Å². The maximum absolute atomic E-state index is 11.8. The van der Waals surface area contributed by atoms with Crippen molar-refractivity contribution in [3.63, 3.8) is 0 Å². The zero-order valence-corrected chi connectivity index (χ0v) is 13.5. The summed E-state index contributed by atoms with van der Waals surface area (Å²) in [6, 6.07) is 1.98. The molecule has 1 rings (SSSR count). The summed E-state index contributed by atoms with van der Waals surface area (Å²) in [7, 11) is -4.43. The standard InChI is InChI=1S/C11H14O5S.Na/c1-11(2,3)9-5-8(17(14,15)16)4-7(6-12)10(9)13;/h4-6,13H,1-3H3,(H,14,15,16);/q;+1/p-1. The number of rotatable bonds is 2. The first-order chi connectivity index (χ1) is 7.57. The first-order valence-electron chi connectivity index (χ1n) is 4.85. The molecular weight excluding hydrogens is 267 g/mol. The number of hydrogen-bond acceptors (Lipinski definition) is 4. The molecular formula is C11H13NaO5S. The normalized spacial score (nSPS) is 11.8. The molecule has 18 heavy (non-hydrogen) atoms. The minimum Gasteiger partial charge on any atom is -0.872 e. The van der Waals surface area contributed by atoms with Crippen molar-refractivity contribution in [1.82, 2.24) is 0 Å². The van der Waals surface area contributed by atoms with E-state index < -0.39 is 26.2 Å². The van der Waals surface area contributed by atoms with Crippen LogP contribution in [0.4, 0.5) is 0 Å². The Balaban J connectivity index is 0.00000289. The van der Waals surface area contributed by atoms with E-state index in [9.17, 15) is 18.3 Å². The predicted molar refractivity (Wildman–Crippen MR) is 59.8 cm³/mol. The van der Waals surface area contributed by atoms with Crippen LogP contribution in [0.25, 0.3) is 0 Å². The van der Waals surface area contributed by atoms with Gasteiger partial charge in [0.2, 0.25) is 0 Å². The molecule has 0 spiro atoms. The van der Waals surface area contributed by atoms with E-state index in [0.29, 0.717) is 0 Å². The van der Waals surface area contributed by atoms with Crippen LogP contribution in [0.2, 0.25) is 0 Å². The number of aldehydes is 1. The van der Waals surface area contributed by atoms with Gasteiger partial charge in [-0.15, -0.1) is 0 Å². The van der Waals surface area contributed by atoms with Gasteiger partial charge in [0.15, 0.2) is 0 Å². The molecule has 0 atom stereocenters. The van der Waals surface area contributed by atoms with Crippen molar-refractivity contribution in [2.24, 2.45) is 0 Å². The molecule has 0 aromatic heterocycles. The molecule has 0 saturated carbocycles. The van der Waals surface area contributed by atoms with Gasteiger partial charge in [-0.05, 0) is 23.1 Å². The maximum Gasteiger partial charge on any atom is 1.00 e. The average molecular weight is 280 g/mol. The molecule has 7 heteroatoms. The molecule has 0 heterocycles. The number of carbonyl (C=O) groups excluding carboxylic acids is 1. The Labute approximate surface area is 128 Å². The summed E-state index contributed by atoms with van der Waals surface area (Å²) < 4.78 is 31.0. The first-order valence-corrected chi connectivity index (χ1v) is 6.29. The minimum atomic E-state index is -4.43. The van der Waals surface area contributed by atoms with Gasteiger partial charge in [0, 0.05) is 5.56 Å². The third-order valence-corrected chi connectivity index (χ3v) is 3.16. The van der Waals surface area contributed by atoms with Crippen LogP contribution in [-0.2, 0) is 15.5 Å². The Hall–Kier alpha value is -0.400. The Bertz CT molecular complexity index is 558. The van der Waals surface area contributed by atoms with E-state index >= 15 is 0 Å². The molecule has 0 aliphatic heterocycles. The SMILES string of the molecule is CC(C)(C)c1cc(S(=O)(=O)O)cc(C=O)c1[O-].[Na+]. The van der Waals surface area contributed by atoms with Crippen molar-refractivity contribution in [3.8, 4) is 5.75 Å². The molecule has 94 valence electrons. The van der Waals surface area contributed by atoms with Crippen molar-refractivity contribution < 1.29 is 52.4 Å². The van der Waals surface area contributed by atoms with Crippen molar-refractivity contribution in [3.05, 3.63) is 23.3 Å². The Morgan fingerprint density at radius 2 is 1.78 bits per heavy atom. The fourth-order valence-corrected chi connectivity index (χ4v) is 1.96. The van der Waals surface area contributed by atoms with E-state index in [1.807, 2.05) is 0 Å². The van der Waals surface area contributed by atoms with Crippen molar-refractivity contribution in [2.75, 3.05) is 0 Å². The van der Waals surface area contributed by atoms with Gasteiger partial charge in [-0.1, -0.05) is 26.5 Å². The molecule has 0 amide bonds. The van der Waals surface area contributed by atoms with Gasteiger partial charge in [-0.2, -0.15) is 8.42 Å². The molecule has 0 aliphatic rings. The number of hydrogen-bond donors (Lipinski definition) is 1. The zero-order chi connectivity index (χ0) is 13.4. The summed E-state index contributed by atoms with van der Waals surface area (Å²) >= 11 is 0. The molecule has 5 nitrogen and oxygen atoms in total. The minimum absolute atomic E-state index is 0. The third-order valence-electron chi connectivity index (χ3n) is 2.32. The second kappa shape index (κ2) is 5.71. The molecule has 0 fully saturated rings. The van der Waals surface area contributed by atoms with Crippen LogP contribution in [0.15, 0.2) is 17.0 Å². The van der Waals surface area contributed by atoms with Crippen LogP contribution in [0.3, 0.4) is 0 Å². The smallest absolute Gasteiger partial charge is 0.872 e. The van der Waals surface area contributed by atoms with Gasteiger partial charge in [-0.25, -0.2) is 0 Å². The molecule has 1 N–H and O–H groups in total. The fourth-order valence-electron chi connectivity index (χ4n) is 1.42. The predicted octanol–water partition coefficient (Wildman–Crippen LogP) is -1.88. The van der Waals surface area contributed by atoms with E-state index in [0.717, 1.165) is 12.1 Å². The summed E-state index contributed by atoms with van der Waals surface area (Å²) in [5.74, 6) is -0.514. The van der Waals surface area contributed by atoms with E-state index in [4.69, 9.17) is 4.55 Å². The van der Waals surface area contributed by atoms with Crippen molar-refractivity contribution in [1.29, 1.82) is 0 Å². The summed E-state index contributed by atoms with van der Waals surface area (Å²) in [6.45, 7) is 5.14. The van der Waals surface area contributed by atoms with Crippen LogP contribution in [0.5, 0.6) is 5.75 Å². The maximum atomic E-state index is 11.8. The van der Waals surface area contributed by atoms with Gasteiger partial charge in [0.25, 0.3) is 10.1 Å². The Morgan fingerprint density at radius 3 is 2.11 bits per heavy atom.